The molecule has 2 nitrogen and oxygen atoms in total. The Hall–Kier alpha value is -1.05. The van der Waals surface area contributed by atoms with E-state index in [0.29, 0.717) is 0 Å². The van der Waals surface area contributed by atoms with Crippen molar-refractivity contribution in [3.63, 3.8) is 0 Å². The Morgan fingerprint density at radius 3 is 1.44 bits per heavy atom. The van der Waals surface area contributed by atoms with Crippen LogP contribution in [-0.4, -0.2) is 12.1 Å². The van der Waals surface area contributed by atoms with E-state index in [0.717, 1.165) is 25.7 Å². The van der Waals surface area contributed by atoms with Crippen LogP contribution in [0.5, 0.6) is 0 Å². The van der Waals surface area contributed by atoms with E-state index in [-0.39, 0.29) is 12.1 Å². The third kappa shape index (κ3) is 19.1. The SMILES string of the molecule is C=CCCCCCCCCC(CCCCCCCCC=C)OC(C)=O. The number of unbranched alkanes of at least 4 members (excludes halogenated alkanes) is 12. The summed E-state index contributed by atoms with van der Waals surface area (Å²) in [5, 5.41) is 0. The molecule has 0 aliphatic heterocycles. The van der Waals surface area contributed by atoms with Crippen LogP contribution in [0.3, 0.4) is 0 Å². The Labute approximate surface area is 157 Å². The highest BCUT2D eigenvalue weighted by atomic mass is 16.5. The lowest BCUT2D eigenvalue weighted by molar-refractivity contribution is -0.147. The second kappa shape index (κ2) is 19.3. The van der Waals surface area contributed by atoms with Crippen molar-refractivity contribution in [2.24, 2.45) is 0 Å². The van der Waals surface area contributed by atoms with Crippen LogP contribution >= 0.6 is 0 Å². The molecule has 0 aromatic carbocycles. The van der Waals surface area contributed by atoms with Crippen molar-refractivity contribution >= 4 is 5.97 Å². The summed E-state index contributed by atoms with van der Waals surface area (Å²) in [6.45, 7) is 9.05. The van der Waals surface area contributed by atoms with Gasteiger partial charge in [-0.05, 0) is 51.4 Å². The predicted molar refractivity (Wildman–Crippen MR) is 110 cm³/mol. The molecule has 0 heterocycles. The fraction of sp³-hybridized carbons (Fsp3) is 0.783. The van der Waals surface area contributed by atoms with E-state index in [1.807, 2.05) is 12.2 Å². The average Bonchev–Trinajstić information content (AvgIpc) is 2.58. The van der Waals surface area contributed by atoms with Gasteiger partial charge in [0, 0.05) is 6.92 Å². The van der Waals surface area contributed by atoms with Crippen LogP contribution in [0, 0.1) is 0 Å². The summed E-state index contributed by atoms with van der Waals surface area (Å²) in [4.78, 5) is 11.3. The van der Waals surface area contributed by atoms with Crippen LogP contribution in [0.2, 0.25) is 0 Å². The lowest BCUT2D eigenvalue weighted by Crippen LogP contribution is -2.16. The van der Waals surface area contributed by atoms with Crippen molar-refractivity contribution in [2.45, 2.75) is 116 Å². The second-order valence-corrected chi connectivity index (χ2v) is 7.21. The minimum atomic E-state index is -0.126. The minimum Gasteiger partial charge on any atom is -0.463 e. The van der Waals surface area contributed by atoms with Gasteiger partial charge in [-0.25, -0.2) is 0 Å². The average molecular weight is 351 g/mol. The molecule has 0 aliphatic rings. The summed E-state index contributed by atoms with van der Waals surface area (Å²) in [6, 6.07) is 0. The number of allylic oxidation sites excluding steroid dienone is 2. The van der Waals surface area contributed by atoms with E-state index in [1.54, 1.807) is 0 Å². The second-order valence-electron chi connectivity index (χ2n) is 7.21. The summed E-state index contributed by atoms with van der Waals surface area (Å²) in [6.07, 6.45) is 23.8. The maximum atomic E-state index is 11.3. The first-order valence-corrected chi connectivity index (χ1v) is 10.6. The highest BCUT2D eigenvalue weighted by molar-refractivity contribution is 5.66. The zero-order chi connectivity index (χ0) is 18.6. The molecule has 0 spiro atoms. The number of esters is 1. The zero-order valence-electron chi connectivity index (χ0n) is 16.8. The minimum absolute atomic E-state index is 0.126. The Kier molecular flexibility index (Phi) is 18.5. The van der Waals surface area contributed by atoms with Gasteiger partial charge >= 0.3 is 5.97 Å². The molecule has 0 unspecified atom stereocenters. The lowest BCUT2D eigenvalue weighted by atomic mass is 10.0. The molecule has 0 radical (unpaired) electrons. The molecule has 0 bridgehead atoms. The Bertz CT molecular complexity index is 298. The first-order valence-electron chi connectivity index (χ1n) is 10.6. The smallest absolute Gasteiger partial charge is 0.302 e. The number of carbonyl (C=O) groups excluding carboxylic acids is 1. The summed E-state index contributed by atoms with van der Waals surface area (Å²) in [7, 11) is 0. The molecule has 2 heteroatoms. The van der Waals surface area contributed by atoms with Gasteiger partial charge < -0.3 is 4.74 Å². The van der Waals surface area contributed by atoms with Crippen LogP contribution in [0.25, 0.3) is 0 Å². The molecule has 0 N–H and O–H groups in total. The quantitative estimate of drug-likeness (QED) is 0.137. The molecule has 0 saturated heterocycles. The molecule has 0 atom stereocenters. The highest BCUT2D eigenvalue weighted by Crippen LogP contribution is 2.17. The molecule has 0 aliphatic carbocycles. The van der Waals surface area contributed by atoms with Gasteiger partial charge in [0.1, 0.15) is 6.10 Å². The van der Waals surface area contributed by atoms with E-state index in [9.17, 15) is 4.79 Å². The van der Waals surface area contributed by atoms with E-state index in [1.165, 1.54) is 84.0 Å². The normalized spacial score (nSPS) is 10.8. The lowest BCUT2D eigenvalue weighted by Gasteiger charge is -2.17. The van der Waals surface area contributed by atoms with Crippen LogP contribution in [0.15, 0.2) is 25.3 Å². The molecule has 146 valence electrons. The monoisotopic (exact) mass is 350 g/mol. The van der Waals surface area contributed by atoms with Gasteiger partial charge in [-0.3, -0.25) is 4.79 Å². The first-order chi connectivity index (χ1) is 12.2. The van der Waals surface area contributed by atoms with E-state index >= 15 is 0 Å². The van der Waals surface area contributed by atoms with Gasteiger partial charge in [0.25, 0.3) is 0 Å². The van der Waals surface area contributed by atoms with Gasteiger partial charge in [0.15, 0.2) is 0 Å². The third-order valence-corrected chi connectivity index (χ3v) is 4.70. The van der Waals surface area contributed by atoms with Gasteiger partial charge in [-0.2, -0.15) is 0 Å². The van der Waals surface area contributed by atoms with Crippen molar-refractivity contribution in [1.29, 1.82) is 0 Å². The van der Waals surface area contributed by atoms with Crippen LogP contribution in [-0.2, 0) is 9.53 Å². The van der Waals surface area contributed by atoms with Crippen LogP contribution in [0.1, 0.15) is 110 Å². The van der Waals surface area contributed by atoms with Crippen molar-refractivity contribution in [2.75, 3.05) is 0 Å². The van der Waals surface area contributed by atoms with Crippen LogP contribution in [0.4, 0.5) is 0 Å². The molecule has 0 aromatic heterocycles. The summed E-state index contributed by atoms with van der Waals surface area (Å²) >= 11 is 0. The number of ether oxygens (including phenoxy) is 1. The van der Waals surface area contributed by atoms with Gasteiger partial charge in [0.05, 0.1) is 0 Å². The van der Waals surface area contributed by atoms with Gasteiger partial charge in [-0.15, -0.1) is 13.2 Å². The zero-order valence-corrected chi connectivity index (χ0v) is 16.8. The maximum absolute atomic E-state index is 11.3. The van der Waals surface area contributed by atoms with Crippen molar-refractivity contribution < 1.29 is 9.53 Å². The fourth-order valence-electron chi connectivity index (χ4n) is 3.23. The molecule has 0 amide bonds. The molecule has 25 heavy (non-hydrogen) atoms. The molecule has 0 aromatic rings. The summed E-state index contributed by atoms with van der Waals surface area (Å²) < 4.78 is 5.51. The number of hydrogen-bond acceptors (Lipinski definition) is 2. The van der Waals surface area contributed by atoms with Gasteiger partial charge in [-0.1, -0.05) is 63.5 Å². The number of rotatable bonds is 19. The Balaban J connectivity index is 3.63. The topological polar surface area (TPSA) is 26.3 Å². The first kappa shape index (κ1) is 23.9. The molecule has 0 fully saturated rings. The van der Waals surface area contributed by atoms with E-state index < -0.39 is 0 Å². The van der Waals surface area contributed by atoms with Crippen molar-refractivity contribution in [1.82, 2.24) is 0 Å². The molecular weight excluding hydrogens is 308 g/mol. The molecule has 0 saturated carbocycles. The predicted octanol–water partition coefficient (Wildman–Crippen LogP) is 7.53. The van der Waals surface area contributed by atoms with Crippen LogP contribution < -0.4 is 0 Å². The fourth-order valence-corrected chi connectivity index (χ4v) is 3.23. The Morgan fingerprint density at radius 1 is 0.720 bits per heavy atom. The highest BCUT2D eigenvalue weighted by Gasteiger charge is 2.11. The van der Waals surface area contributed by atoms with Crippen molar-refractivity contribution in [3.05, 3.63) is 25.3 Å². The summed E-state index contributed by atoms with van der Waals surface area (Å²) in [5.41, 5.74) is 0. The summed E-state index contributed by atoms with van der Waals surface area (Å²) in [5.74, 6) is -0.126. The van der Waals surface area contributed by atoms with E-state index in [2.05, 4.69) is 13.2 Å². The van der Waals surface area contributed by atoms with E-state index in [4.69, 9.17) is 4.74 Å². The maximum Gasteiger partial charge on any atom is 0.302 e. The standard InChI is InChI=1S/C23H42O2/c1-4-6-8-10-12-14-16-18-20-23(25-22(3)24)21-19-17-15-13-11-9-7-5-2/h4-5,23H,1-2,6-21H2,3H3. The number of carbonyl (C=O) groups is 1. The number of hydrogen-bond donors (Lipinski definition) is 0. The Morgan fingerprint density at radius 2 is 1.08 bits per heavy atom. The molecular formula is C23H42O2. The third-order valence-electron chi connectivity index (χ3n) is 4.70. The van der Waals surface area contributed by atoms with Gasteiger partial charge in [0.2, 0.25) is 0 Å². The largest absolute Gasteiger partial charge is 0.463 e. The van der Waals surface area contributed by atoms with Crippen molar-refractivity contribution in [3.8, 4) is 0 Å². The molecule has 0 rings (SSSR count).